The van der Waals surface area contributed by atoms with Crippen LogP contribution in [0.2, 0.25) is 0 Å². The highest BCUT2D eigenvalue weighted by molar-refractivity contribution is 8.00. The minimum absolute atomic E-state index is 0.125. The Morgan fingerprint density at radius 2 is 2.44 bits per heavy atom. The summed E-state index contributed by atoms with van der Waals surface area (Å²) in [6.07, 6.45) is 0.410. The monoisotopic (exact) mass is 252 g/mol. The summed E-state index contributed by atoms with van der Waals surface area (Å²) < 4.78 is 0. The van der Waals surface area contributed by atoms with Crippen LogP contribution in [-0.2, 0) is 4.79 Å². The fourth-order valence-electron chi connectivity index (χ4n) is 1.69. The molecule has 1 aromatic heterocycles. The second-order valence-corrected chi connectivity index (χ2v) is 6.00. The first-order valence-corrected chi connectivity index (χ1v) is 6.93. The van der Waals surface area contributed by atoms with Gasteiger partial charge in [-0.25, -0.2) is 0 Å². The fraction of sp³-hybridized carbons (Fsp3) is 0.455. The summed E-state index contributed by atoms with van der Waals surface area (Å²) in [5, 5.41) is 8.71. The van der Waals surface area contributed by atoms with Crippen molar-refractivity contribution in [2.45, 2.75) is 18.7 Å². The topological polar surface area (TPSA) is 44.1 Å². The van der Waals surface area contributed by atoms with Crippen LogP contribution in [0.15, 0.2) is 12.1 Å². The smallest absolute Gasteiger partial charge is 0.233 e. The van der Waals surface area contributed by atoms with Gasteiger partial charge < -0.3 is 4.90 Å². The van der Waals surface area contributed by atoms with Crippen LogP contribution in [-0.4, -0.2) is 23.1 Å². The summed E-state index contributed by atoms with van der Waals surface area (Å²) in [6, 6.07) is 6.25. The van der Waals surface area contributed by atoms with Crippen LogP contribution in [0.4, 0.5) is 0 Å². The van der Waals surface area contributed by atoms with Gasteiger partial charge in [0.25, 0.3) is 0 Å². The van der Waals surface area contributed by atoms with Gasteiger partial charge in [0.1, 0.15) is 5.37 Å². The molecule has 1 atom stereocenters. The molecule has 2 rings (SSSR count). The van der Waals surface area contributed by atoms with E-state index in [1.807, 2.05) is 4.90 Å². The predicted octanol–water partition coefficient (Wildman–Crippen LogP) is 2.54. The second kappa shape index (κ2) is 4.89. The van der Waals surface area contributed by atoms with Crippen LogP contribution in [0.1, 0.15) is 21.5 Å². The lowest BCUT2D eigenvalue weighted by Gasteiger charge is -2.21. The molecule has 1 aliphatic heterocycles. The zero-order valence-corrected chi connectivity index (χ0v) is 10.6. The van der Waals surface area contributed by atoms with Gasteiger partial charge in [-0.3, -0.25) is 4.79 Å². The highest BCUT2D eigenvalue weighted by Gasteiger charge is 2.32. The van der Waals surface area contributed by atoms with Crippen LogP contribution < -0.4 is 0 Å². The number of amides is 1. The number of carbonyl (C=O) groups excluding carboxylic acids is 1. The van der Waals surface area contributed by atoms with Gasteiger partial charge in [-0.15, -0.1) is 23.1 Å². The average Bonchev–Trinajstić information content (AvgIpc) is 2.82. The Morgan fingerprint density at radius 1 is 1.62 bits per heavy atom. The molecular formula is C11H12N2OS2. The van der Waals surface area contributed by atoms with Crippen molar-refractivity contribution < 1.29 is 4.79 Å². The number of hydrogen-bond acceptors (Lipinski definition) is 4. The normalized spacial score (nSPS) is 20.1. The van der Waals surface area contributed by atoms with E-state index in [4.69, 9.17) is 5.26 Å². The Labute approximate surface area is 103 Å². The van der Waals surface area contributed by atoms with Crippen LogP contribution in [0.25, 0.3) is 0 Å². The molecule has 0 aromatic carbocycles. The Morgan fingerprint density at radius 3 is 3.06 bits per heavy atom. The van der Waals surface area contributed by atoms with Gasteiger partial charge >= 0.3 is 0 Å². The number of hydrogen-bond donors (Lipinski definition) is 0. The van der Waals surface area contributed by atoms with E-state index in [0.29, 0.717) is 18.7 Å². The minimum atomic E-state index is 0.125. The maximum absolute atomic E-state index is 11.7. The molecule has 2 heterocycles. The Balaban J connectivity index is 2.14. The average molecular weight is 252 g/mol. The molecule has 0 radical (unpaired) electrons. The molecule has 1 amide bonds. The van der Waals surface area contributed by atoms with E-state index in [-0.39, 0.29) is 11.3 Å². The molecule has 1 fully saturated rings. The SMILES string of the molecule is Cc1ccc(C2SCC(=O)N2CCC#N)s1. The van der Waals surface area contributed by atoms with E-state index in [1.54, 1.807) is 23.1 Å². The highest BCUT2D eigenvalue weighted by atomic mass is 32.2. The molecule has 0 spiro atoms. The molecule has 1 unspecified atom stereocenters. The van der Waals surface area contributed by atoms with E-state index >= 15 is 0 Å². The summed E-state index contributed by atoms with van der Waals surface area (Å²) >= 11 is 3.38. The highest BCUT2D eigenvalue weighted by Crippen LogP contribution is 2.41. The zero-order valence-electron chi connectivity index (χ0n) is 8.97. The summed E-state index contributed by atoms with van der Waals surface area (Å²) in [6.45, 7) is 2.61. The Bertz CT molecular complexity index is 435. The third-order valence-corrected chi connectivity index (χ3v) is 4.88. The third-order valence-electron chi connectivity index (χ3n) is 2.44. The fourth-order valence-corrected chi connectivity index (χ4v) is 4.02. The quantitative estimate of drug-likeness (QED) is 0.830. The predicted molar refractivity (Wildman–Crippen MR) is 66.2 cm³/mol. The molecule has 1 aromatic rings. The number of aryl methyl sites for hydroxylation is 1. The van der Waals surface area contributed by atoms with Crippen molar-refractivity contribution in [2.24, 2.45) is 0 Å². The number of thiophene rings is 1. The summed E-state index contributed by atoms with van der Waals surface area (Å²) in [4.78, 5) is 16.0. The van der Waals surface area contributed by atoms with Gasteiger partial charge in [0, 0.05) is 16.3 Å². The Hall–Kier alpha value is -0.990. The number of nitriles is 1. The van der Waals surface area contributed by atoms with E-state index in [9.17, 15) is 4.79 Å². The van der Waals surface area contributed by atoms with Gasteiger partial charge in [-0.05, 0) is 19.1 Å². The lowest BCUT2D eigenvalue weighted by molar-refractivity contribution is -0.127. The number of carbonyl (C=O) groups is 1. The minimum Gasteiger partial charge on any atom is -0.324 e. The molecule has 3 nitrogen and oxygen atoms in total. The second-order valence-electron chi connectivity index (χ2n) is 3.61. The Kier molecular flexibility index (Phi) is 3.52. The van der Waals surface area contributed by atoms with Crippen molar-refractivity contribution in [3.05, 3.63) is 21.9 Å². The molecule has 1 saturated heterocycles. The molecule has 16 heavy (non-hydrogen) atoms. The summed E-state index contributed by atoms with van der Waals surface area (Å²) in [5.41, 5.74) is 0. The summed E-state index contributed by atoms with van der Waals surface area (Å²) in [7, 11) is 0. The third kappa shape index (κ3) is 2.23. The lowest BCUT2D eigenvalue weighted by Crippen LogP contribution is -2.28. The van der Waals surface area contributed by atoms with Gasteiger partial charge in [0.15, 0.2) is 0 Å². The standard InChI is InChI=1S/C11H12N2OS2/c1-8-3-4-9(16-8)11-13(6-2-5-12)10(14)7-15-11/h3-4,11H,2,6-7H2,1H3. The molecule has 84 valence electrons. The maximum Gasteiger partial charge on any atom is 0.233 e. The summed E-state index contributed by atoms with van der Waals surface area (Å²) in [5.74, 6) is 0.684. The van der Waals surface area contributed by atoms with Crippen molar-refractivity contribution in [1.82, 2.24) is 4.90 Å². The first kappa shape index (κ1) is 11.5. The van der Waals surface area contributed by atoms with Crippen molar-refractivity contribution >= 4 is 29.0 Å². The largest absolute Gasteiger partial charge is 0.324 e. The number of nitrogens with zero attached hydrogens (tertiary/aromatic N) is 2. The van der Waals surface area contributed by atoms with E-state index < -0.39 is 0 Å². The molecule has 1 aliphatic rings. The van der Waals surface area contributed by atoms with Crippen molar-refractivity contribution in [3.8, 4) is 6.07 Å². The van der Waals surface area contributed by atoms with Gasteiger partial charge in [0.2, 0.25) is 5.91 Å². The number of thioether (sulfide) groups is 1. The van der Waals surface area contributed by atoms with E-state index in [1.165, 1.54) is 9.75 Å². The van der Waals surface area contributed by atoms with Crippen LogP contribution in [0.3, 0.4) is 0 Å². The molecular weight excluding hydrogens is 240 g/mol. The van der Waals surface area contributed by atoms with Gasteiger partial charge in [-0.2, -0.15) is 5.26 Å². The first-order chi connectivity index (χ1) is 7.72. The first-order valence-electron chi connectivity index (χ1n) is 5.06. The zero-order chi connectivity index (χ0) is 11.5. The molecule has 0 aliphatic carbocycles. The van der Waals surface area contributed by atoms with E-state index in [2.05, 4.69) is 25.1 Å². The van der Waals surface area contributed by atoms with Crippen molar-refractivity contribution in [2.75, 3.05) is 12.3 Å². The van der Waals surface area contributed by atoms with Gasteiger partial charge in [-0.1, -0.05) is 0 Å². The van der Waals surface area contributed by atoms with Crippen LogP contribution in [0, 0.1) is 18.3 Å². The van der Waals surface area contributed by atoms with Crippen LogP contribution in [0.5, 0.6) is 0 Å². The maximum atomic E-state index is 11.7. The lowest BCUT2D eigenvalue weighted by atomic mass is 10.3. The molecule has 5 heteroatoms. The molecule has 0 bridgehead atoms. The molecule has 0 saturated carbocycles. The van der Waals surface area contributed by atoms with Gasteiger partial charge in [0.05, 0.1) is 18.2 Å². The van der Waals surface area contributed by atoms with E-state index in [0.717, 1.165) is 0 Å². The van der Waals surface area contributed by atoms with Crippen molar-refractivity contribution in [1.29, 1.82) is 5.26 Å². The van der Waals surface area contributed by atoms with Crippen LogP contribution >= 0.6 is 23.1 Å². The number of rotatable bonds is 3. The van der Waals surface area contributed by atoms with Crippen molar-refractivity contribution in [3.63, 3.8) is 0 Å². The molecule has 0 N–H and O–H groups in total.